The molecule has 0 saturated heterocycles. The van der Waals surface area contributed by atoms with Gasteiger partial charge in [-0.1, -0.05) is 6.07 Å². The monoisotopic (exact) mass is 319 g/mol. The first kappa shape index (κ1) is 14.0. The zero-order valence-corrected chi connectivity index (χ0v) is 12.6. The molecule has 2 N–H and O–H groups in total. The van der Waals surface area contributed by atoms with E-state index in [9.17, 15) is 8.42 Å². The third kappa shape index (κ3) is 3.37. The Bertz CT molecular complexity index is 831. The van der Waals surface area contributed by atoms with Gasteiger partial charge in [-0.3, -0.25) is 4.98 Å². The van der Waals surface area contributed by atoms with Crippen molar-refractivity contribution < 1.29 is 8.42 Å². The fourth-order valence-corrected chi connectivity index (χ4v) is 3.66. The van der Waals surface area contributed by atoms with Crippen LogP contribution in [0.3, 0.4) is 0 Å². The second-order valence-corrected chi connectivity index (χ2v) is 7.11. The Kier molecular flexibility index (Phi) is 3.60. The topological polar surface area (TPSA) is 71.1 Å². The summed E-state index contributed by atoms with van der Waals surface area (Å²) in [6.07, 6.45) is 3.35. The van der Waals surface area contributed by atoms with Gasteiger partial charge in [0.15, 0.2) is 14.9 Å². The van der Waals surface area contributed by atoms with Crippen molar-refractivity contribution >= 4 is 43.8 Å². The number of sulfone groups is 1. The molecule has 0 amide bonds. The van der Waals surface area contributed by atoms with E-state index in [0.29, 0.717) is 5.11 Å². The van der Waals surface area contributed by atoms with E-state index < -0.39 is 9.84 Å². The van der Waals surface area contributed by atoms with Gasteiger partial charge in [0.2, 0.25) is 0 Å². The van der Waals surface area contributed by atoms with Crippen LogP contribution in [0.2, 0.25) is 0 Å². The van der Waals surface area contributed by atoms with Gasteiger partial charge in [-0.25, -0.2) is 8.42 Å². The molecule has 3 rings (SSSR count). The second kappa shape index (κ2) is 5.42. The van der Waals surface area contributed by atoms with Gasteiger partial charge in [0, 0.05) is 22.7 Å². The number of fused-ring (bicyclic) bond motifs is 1. The third-order valence-electron chi connectivity index (χ3n) is 3.11. The number of rotatable bonds is 2. The van der Waals surface area contributed by atoms with Crippen molar-refractivity contribution in [3.8, 4) is 0 Å². The lowest BCUT2D eigenvalue weighted by molar-refractivity contribution is 0.603. The van der Waals surface area contributed by atoms with Crippen molar-refractivity contribution in [3.05, 3.63) is 48.0 Å². The second-order valence-electron chi connectivity index (χ2n) is 4.77. The van der Waals surface area contributed by atoms with Crippen molar-refractivity contribution in [2.45, 2.75) is 6.04 Å². The van der Waals surface area contributed by atoms with Gasteiger partial charge in [0.1, 0.15) is 0 Å². The number of anilines is 1. The first-order valence-electron chi connectivity index (χ1n) is 6.35. The van der Waals surface area contributed by atoms with Crippen LogP contribution in [0.4, 0.5) is 5.69 Å². The number of aromatic nitrogens is 1. The van der Waals surface area contributed by atoms with Gasteiger partial charge in [0.25, 0.3) is 0 Å². The summed E-state index contributed by atoms with van der Waals surface area (Å²) in [7, 11) is -3.08. The summed E-state index contributed by atoms with van der Waals surface area (Å²) < 4.78 is 22.7. The number of nitrogens with zero attached hydrogens (tertiary/aromatic N) is 1. The van der Waals surface area contributed by atoms with Crippen LogP contribution in [0, 0.1) is 0 Å². The highest BCUT2D eigenvalue weighted by atomic mass is 32.2. The summed E-state index contributed by atoms with van der Waals surface area (Å²) >= 11 is 5.20. The minimum absolute atomic E-state index is 0.0382. The molecule has 0 unspecified atom stereocenters. The minimum Gasteiger partial charge on any atom is -0.355 e. The summed E-state index contributed by atoms with van der Waals surface area (Å²) in [5.41, 5.74) is 1.74. The van der Waals surface area contributed by atoms with Crippen molar-refractivity contribution in [1.82, 2.24) is 10.3 Å². The Balaban J connectivity index is 1.68. The van der Waals surface area contributed by atoms with E-state index in [-0.39, 0.29) is 11.8 Å². The molecule has 0 saturated carbocycles. The van der Waals surface area contributed by atoms with Gasteiger partial charge >= 0.3 is 0 Å². The van der Waals surface area contributed by atoms with Crippen LogP contribution in [-0.4, -0.2) is 30.3 Å². The molecule has 0 radical (unpaired) electrons. The van der Waals surface area contributed by atoms with E-state index in [4.69, 9.17) is 12.2 Å². The Labute approximate surface area is 128 Å². The smallest absolute Gasteiger partial charge is 0.173 e. The number of benzene rings is 1. The molecule has 1 aromatic carbocycles. The van der Waals surface area contributed by atoms with E-state index in [1.165, 1.54) is 5.41 Å². The van der Waals surface area contributed by atoms with E-state index in [1.807, 2.05) is 30.3 Å². The third-order valence-corrected chi connectivity index (χ3v) is 4.72. The lowest BCUT2D eigenvalue weighted by Crippen LogP contribution is -2.38. The van der Waals surface area contributed by atoms with Crippen LogP contribution < -0.4 is 10.6 Å². The minimum atomic E-state index is -3.08. The van der Waals surface area contributed by atoms with Crippen molar-refractivity contribution in [3.63, 3.8) is 0 Å². The standard InChI is InChI=1S/C14H13N3O2S2/c18-21(19)7-5-12(9-21)17-14(20)16-11-3-4-13-10(8-11)2-1-6-15-13/h1-8,12H,9H2,(H2,16,17,20)/t12-/m0/s1. The van der Waals surface area contributed by atoms with Crippen LogP contribution in [0.5, 0.6) is 0 Å². The number of pyridine rings is 1. The molecule has 108 valence electrons. The lowest BCUT2D eigenvalue weighted by Gasteiger charge is -2.14. The maximum Gasteiger partial charge on any atom is 0.173 e. The molecule has 0 fully saturated rings. The molecule has 2 heterocycles. The van der Waals surface area contributed by atoms with Gasteiger partial charge in [-0.2, -0.15) is 0 Å². The predicted molar refractivity (Wildman–Crippen MR) is 87.8 cm³/mol. The fraction of sp³-hybridized carbons (Fsp3) is 0.143. The van der Waals surface area contributed by atoms with Crippen molar-refractivity contribution in [2.75, 3.05) is 11.1 Å². The van der Waals surface area contributed by atoms with E-state index >= 15 is 0 Å². The van der Waals surface area contributed by atoms with Crippen molar-refractivity contribution in [1.29, 1.82) is 0 Å². The van der Waals surface area contributed by atoms with Gasteiger partial charge in [0.05, 0.1) is 17.3 Å². The zero-order chi connectivity index (χ0) is 14.9. The molecule has 7 heteroatoms. The number of hydrogen-bond acceptors (Lipinski definition) is 4. The molecule has 5 nitrogen and oxygen atoms in total. The van der Waals surface area contributed by atoms with Crippen LogP contribution in [0.25, 0.3) is 10.9 Å². The largest absolute Gasteiger partial charge is 0.355 e. The van der Waals surface area contributed by atoms with Gasteiger partial charge in [-0.15, -0.1) is 0 Å². The average molecular weight is 319 g/mol. The summed E-state index contributed by atoms with van der Waals surface area (Å²) in [6.45, 7) is 0. The molecule has 1 aliphatic heterocycles. The molecule has 0 aliphatic carbocycles. The molecule has 0 bridgehead atoms. The number of thiocarbonyl (C=S) groups is 1. The molecular weight excluding hydrogens is 306 g/mol. The maximum absolute atomic E-state index is 11.3. The Morgan fingerprint density at radius 1 is 1.33 bits per heavy atom. The molecule has 21 heavy (non-hydrogen) atoms. The molecule has 1 aliphatic rings. The van der Waals surface area contributed by atoms with Crippen LogP contribution in [0.1, 0.15) is 0 Å². The first-order chi connectivity index (χ1) is 10.0. The molecule has 1 atom stereocenters. The highest BCUT2D eigenvalue weighted by Gasteiger charge is 2.21. The van der Waals surface area contributed by atoms with Crippen LogP contribution in [-0.2, 0) is 9.84 Å². The van der Waals surface area contributed by atoms with Crippen LogP contribution in [0.15, 0.2) is 48.0 Å². The number of hydrogen-bond donors (Lipinski definition) is 2. The van der Waals surface area contributed by atoms with E-state index in [2.05, 4.69) is 15.6 Å². The molecule has 0 spiro atoms. The Morgan fingerprint density at radius 3 is 2.95 bits per heavy atom. The molecule has 2 aromatic rings. The highest BCUT2D eigenvalue weighted by Crippen LogP contribution is 2.17. The Morgan fingerprint density at radius 2 is 2.19 bits per heavy atom. The highest BCUT2D eigenvalue weighted by molar-refractivity contribution is 7.94. The zero-order valence-electron chi connectivity index (χ0n) is 11.0. The predicted octanol–water partition coefficient (Wildman–Crippen LogP) is 1.83. The molecule has 1 aromatic heterocycles. The Hall–Kier alpha value is -1.99. The fourth-order valence-electron chi connectivity index (χ4n) is 2.15. The SMILES string of the molecule is O=S1(=O)C=C[C@H](NC(=S)Nc2ccc3ncccc3c2)C1. The maximum atomic E-state index is 11.3. The van der Waals surface area contributed by atoms with E-state index in [0.717, 1.165) is 16.6 Å². The quantitative estimate of drug-likeness (QED) is 0.823. The first-order valence-corrected chi connectivity index (χ1v) is 8.47. The normalized spacial score (nSPS) is 19.5. The summed E-state index contributed by atoms with van der Waals surface area (Å²) in [4.78, 5) is 4.25. The van der Waals surface area contributed by atoms with Crippen LogP contribution >= 0.6 is 12.2 Å². The van der Waals surface area contributed by atoms with Crippen molar-refractivity contribution in [2.24, 2.45) is 0 Å². The summed E-state index contributed by atoms with van der Waals surface area (Å²) in [5.74, 6) is 0.0382. The van der Waals surface area contributed by atoms with Gasteiger partial charge in [-0.05, 0) is 42.6 Å². The summed E-state index contributed by atoms with van der Waals surface area (Å²) in [6, 6.07) is 9.28. The molecular formula is C14H13N3O2S2. The summed E-state index contributed by atoms with van der Waals surface area (Å²) in [5, 5.41) is 8.64. The average Bonchev–Trinajstić information content (AvgIpc) is 2.77. The number of nitrogens with one attached hydrogen (secondary N) is 2. The van der Waals surface area contributed by atoms with Gasteiger partial charge < -0.3 is 10.6 Å². The lowest BCUT2D eigenvalue weighted by atomic mass is 10.2. The van der Waals surface area contributed by atoms with E-state index in [1.54, 1.807) is 12.3 Å².